The summed E-state index contributed by atoms with van der Waals surface area (Å²) in [5.74, 6) is 1.04. The van der Waals surface area contributed by atoms with Gasteiger partial charge in [-0.05, 0) is 6.07 Å². The molecule has 0 saturated carbocycles. The topological polar surface area (TPSA) is 52.0 Å². The molecular weight excluding hydrogens is 196 g/mol. The van der Waals surface area contributed by atoms with Crippen molar-refractivity contribution in [1.29, 1.82) is 0 Å². The summed E-state index contributed by atoms with van der Waals surface area (Å²) in [6, 6.07) is 3.48. The molecule has 0 saturated heterocycles. The molecule has 62 valence electrons. The molecule has 0 bridgehead atoms. The van der Waals surface area contributed by atoms with Crippen molar-refractivity contribution in [2.45, 2.75) is 0 Å². The molecular formula is C7H5ClN2OS. The fraction of sp³-hybridized carbons (Fsp3) is 0. The van der Waals surface area contributed by atoms with Crippen LogP contribution < -0.4 is 5.73 Å². The van der Waals surface area contributed by atoms with E-state index in [0.29, 0.717) is 16.6 Å². The lowest BCUT2D eigenvalue weighted by Crippen LogP contribution is -1.79. The molecule has 2 heterocycles. The first kappa shape index (κ1) is 7.64. The Bertz CT molecular complexity index is 357. The number of hydrogen-bond acceptors (Lipinski definition) is 4. The number of nitrogens with two attached hydrogens (primary N) is 1. The molecule has 0 aromatic carbocycles. The second-order valence-corrected chi connectivity index (χ2v) is 3.59. The van der Waals surface area contributed by atoms with Gasteiger partial charge in [-0.1, -0.05) is 16.8 Å². The first-order chi connectivity index (χ1) is 5.75. The van der Waals surface area contributed by atoms with Gasteiger partial charge in [-0.2, -0.15) is 0 Å². The van der Waals surface area contributed by atoms with E-state index < -0.39 is 0 Å². The maximum atomic E-state index is 5.73. The molecule has 0 aliphatic heterocycles. The third kappa shape index (κ3) is 1.31. The third-order valence-electron chi connectivity index (χ3n) is 1.34. The van der Waals surface area contributed by atoms with E-state index in [-0.39, 0.29) is 0 Å². The quantitative estimate of drug-likeness (QED) is 0.770. The van der Waals surface area contributed by atoms with Gasteiger partial charge < -0.3 is 10.3 Å². The molecule has 2 aromatic heterocycles. The van der Waals surface area contributed by atoms with Gasteiger partial charge in [0.25, 0.3) is 0 Å². The lowest BCUT2D eigenvalue weighted by atomic mass is 10.4. The fourth-order valence-electron chi connectivity index (χ4n) is 0.847. The van der Waals surface area contributed by atoms with E-state index in [1.807, 2.05) is 11.4 Å². The molecule has 0 aliphatic rings. The largest absolute Gasteiger partial charge is 0.381 e. The second-order valence-electron chi connectivity index (χ2n) is 2.25. The minimum Gasteiger partial charge on any atom is -0.381 e. The third-order valence-corrected chi connectivity index (χ3v) is 2.63. The van der Waals surface area contributed by atoms with E-state index in [9.17, 15) is 0 Å². The summed E-state index contributed by atoms with van der Waals surface area (Å²) in [5, 5.41) is 6.10. The zero-order valence-corrected chi connectivity index (χ0v) is 7.52. The maximum Gasteiger partial charge on any atom is 0.179 e. The highest BCUT2D eigenvalue weighted by Crippen LogP contribution is 2.30. The van der Waals surface area contributed by atoms with Crippen LogP contribution in [0.25, 0.3) is 10.6 Å². The molecule has 2 N–H and O–H groups in total. The SMILES string of the molecule is Nc1cc(-c2cc(Cl)cs2)on1. The molecule has 5 heteroatoms. The summed E-state index contributed by atoms with van der Waals surface area (Å²) in [6.07, 6.45) is 0. The molecule has 0 atom stereocenters. The molecule has 0 amide bonds. The van der Waals surface area contributed by atoms with Gasteiger partial charge in [0.15, 0.2) is 11.6 Å². The van der Waals surface area contributed by atoms with Gasteiger partial charge in [-0.25, -0.2) is 0 Å². The number of halogens is 1. The van der Waals surface area contributed by atoms with Crippen LogP contribution in [0.3, 0.4) is 0 Å². The van der Waals surface area contributed by atoms with E-state index in [0.717, 1.165) is 4.88 Å². The molecule has 12 heavy (non-hydrogen) atoms. The Hall–Kier alpha value is -1.00. The second kappa shape index (κ2) is 2.80. The minimum absolute atomic E-state index is 0.384. The van der Waals surface area contributed by atoms with Gasteiger partial charge in [-0.15, -0.1) is 11.3 Å². The van der Waals surface area contributed by atoms with Crippen molar-refractivity contribution >= 4 is 28.8 Å². The zero-order chi connectivity index (χ0) is 8.55. The smallest absolute Gasteiger partial charge is 0.179 e. The highest BCUT2D eigenvalue weighted by atomic mass is 35.5. The molecule has 2 rings (SSSR count). The Morgan fingerprint density at radius 2 is 2.33 bits per heavy atom. The van der Waals surface area contributed by atoms with Gasteiger partial charge in [0.2, 0.25) is 0 Å². The molecule has 0 fully saturated rings. The number of nitrogen functional groups attached to an aromatic ring is 1. The van der Waals surface area contributed by atoms with Crippen molar-refractivity contribution in [1.82, 2.24) is 5.16 Å². The summed E-state index contributed by atoms with van der Waals surface area (Å²) < 4.78 is 4.94. The first-order valence-corrected chi connectivity index (χ1v) is 4.48. The van der Waals surface area contributed by atoms with Crippen LogP contribution >= 0.6 is 22.9 Å². The van der Waals surface area contributed by atoms with Gasteiger partial charge in [-0.3, -0.25) is 0 Å². The van der Waals surface area contributed by atoms with Gasteiger partial charge in [0.1, 0.15) is 0 Å². The molecule has 0 unspecified atom stereocenters. The van der Waals surface area contributed by atoms with Crippen LogP contribution in [0.4, 0.5) is 5.82 Å². The van der Waals surface area contributed by atoms with E-state index in [1.54, 1.807) is 6.07 Å². The van der Waals surface area contributed by atoms with Crippen LogP contribution in [0.5, 0.6) is 0 Å². The van der Waals surface area contributed by atoms with E-state index in [2.05, 4.69) is 5.16 Å². The van der Waals surface area contributed by atoms with E-state index in [4.69, 9.17) is 21.9 Å². The summed E-state index contributed by atoms with van der Waals surface area (Å²) in [6.45, 7) is 0. The van der Waals surface area contributed by atoms with Gasteiger partial charge in [0, 0.05) is 11.4 Å². The number of nitrogens with zero attached hydrogens (tertiary/aromatic N) is 1. The molecule has 0 aliphatic carbocycles. The van der Waals surface area contributed by atoms with Crippen molar-refractivity contribution in [3.8, 4) is 10.6 Å². The Morgan fingerprint density at radius 3 is 2.83 bits per heavy atom. The van der Waals surface area contributed by atoms with Crippen LogP contribution in [0.1, 0.15) is 0 Å². The number of hydrogen-bond donors (Lipinski definition) is 1. The summed E-state index contributed by atoms with van der Waals surface area (Å²) in [5.41, 5.74) is 5.39. The Labute approximate surface area is 77.7 Å². The molecule has 3 nitrogen and oxygen atoms in total. The average Bonchev–Trinajstić information content (AvgIpc) is 2.58. The molecule has 2 aromatic rings. The van der Waals surface area contributed by atoms with E-state index >= 15 is 0 Å². The summed E-state index contributed by atoms with van der Waals surface area (Å²) in [4.78, 5) is 0.934. The van der Waals surface area contributed by atoms with Crippen LogP contribution in [-0.4, -0.2) is 5.16 Å². The lowest BCUT2D eigenvalue weighted by molar-refractivity contribution is 0.436. The molecule has 0 spiro atoms. The molecule has 0 radical (unpaired) electrons. The standard InChI is InChI=1S/C7H5ClN2OS/c8-4-1-6(12-3-4)5-2-7(9)10-11-5/h1-3H,(H2,9,10). The van der Waals surface area contributed by atoms with E-state index in [1.165, 1.54) is 11.3 Å². The van der Waals surface area contributed by atoms with Crippen molar-refractivity contribution in [2.75, 3.05) is 5.73 Å². The predicted molar refractivity (Wildman–Crippen MR) is 49.2 cm³/mol. The monoisotopic (exact) mass is 200 g/mol. The summed E-state index contributed by atoms with van der Waals surface area (Å²) in [7, 11) is 0. The average molecular weight is 201 g/mol. The Balaban J connectivity index is 2.43. The highest BCUT2D eigenvalue weighted by molar-refractivity contribution is 7.14. The van der Waals surface area contributed by atoms with Crippen LogP contribution in [0, 0.1) is 0 Å². The maximum absolute atomic E-state index is 5.73. The lowest BCUT2D eigenvalue weighted by Gasteiger charge is -1.82. The number of rotatable bonds is 1. The zero-order valence-electron chi connectivity index (χ0n) is 5.95. The number of thiophene rings is 1. The normalized spacial score (nSPS) is 10.4. The highest BCUT2D eigenvalue weighted by Gasteiger charge is 2.06. The van der Waals surface area contributed by atoms with Gasteiger partial charge >= 0.3 is 0 Å². The van der Waals surface area contributed by atoms with Crippen LogP contribution in [-0.2, 0) is 0 Å². The van der Waals surface area contributed by atoms with Crippen LogP contribution in [0.2, 0.25) is 5.02 Å². The van der Waals surface area contributed by atoms with Crippen molar-refractivity contribution in [2.24, 2.45) is 0 Å². The van der Waals surface area contributed by atoms with Gasteiger partial charge in [0.05, 0.1) is 9.90 Å². The summed E-state index contributed by atoms with van der Waals surface area (Å²) >= 11 is 7.23. The number of aromatic nitrogens is 1. The number of anilines is 1. The first-order valence-electron chi connectivity index (χ1n) is 3.22. The van der Waals surface area contributed by atoms with Crippen molar-refractivity contribution in [3.05, 3.63) is 22.5 Å². The Morgan fingerprint density at radius 1 is 1.50 bits per heavy atom. The van der Waals surface area contributed by atoms with Crippen molar-refractivity contribution < 1.29 is 4.52 Å². The minimum atomic E-state index is 0.384. The predicted octanol–water partition coefficient (Wildman–Crippen LogP) is 2.64. The Kier molecular flexibility index (Phi) is 1.78. The van der Waals surface area contributed by atoms with Crippen molar-refractivity contribution in [3.63, 3.8) is 0 Å². The fourth-order valence-corrected chi connectivity index (χ4v) is 1.87. The van der Waals surface area contributed by atoms with Crippen LogP contribution in [0.15, 0.2) is 22.0 Å².